The van der Waals surface area contributed by atoms with Crippen LogP contribution in [0.5, 0.6) is 0 Å². The molecule has 0 saturated heterocycles. The Labute approximate surface area is 200 Å². The number of fused-ring (bicyclic) bond motifs is 2. The molecular formula is C24H24N8OS. The van der Waals surface area contributed by atoms with Crippen molar-refractivity contribution in [2.24, 2.45) is 5.92 Å². The predicted octanol–water partition coefficient (Wildman–Crippen LogP) is 3.35. The van der Waals surface area contributed by atoms with Crippen molar-refractivity contribution < 1.29 is 4.79 Å². The van der Waals surface area contributed by atoms with E-state index in [0.717, 1.165) is 53.2 Å². The Morgan fingerprint density at radius 2 is 1.88 bits per heavy atom. The van der Waals surface area contributed by atoms with Crippen molar-refractivity contribution in [3.8, 4) is 10.4 Å². The topological polar surface area (TPSA) is 121 Å². The van der Waals surface area contributed by atoms with Crippen LogP contribution in [0, 0.1) is 12.8 Å². The molecule has 1 aromatic carbocycles. The van der Waals surface area contributed by atoms with Crippen molar-refractivity contribution >= 4 is 28.3 Å². The van der Waals surface area contributed by atoms with Crippen LogP contribution in [0.15, 0.2) is 36.7 Å². The summed E-state index contributed by atoms with van der Waals surface area (Å²) in [7, 11) is 0. The van der Waals surface area contributed by atoms with Gasteiger partial charge in [-0.25, -0.2) is 15.0 Å². The molecule has 4 aromatic rings. The third-order valence-electron chi connectivity index (χ3n) is 6.58. The quantitative estimate of drug-likeness (QED) is 0.407. The number of nitrogens with zero attached hydrogens (tertiary/aromatic N) is 5. The van der Waals surface area contributed by atoms with Gasteiger partial charge in [0.25, 0.3) is 0 Å². The number of rotatable bonds is 5. The Balaban J connectivity index is 1.10. The molecule has 6 rings (SSSR count). The number of aryl methyl sites for hydroxylation is 2. The van der Waals surface area contributed by atoms with Gasteiger partial charge in [-0.05, 0) is 43.7 Å². The van der Waals surface area contributed by atoms with E-state index in [2.05, 4.69) is 65.3 Å². The minimum Gasteiger partial charge on any atom is -0.351 e. The van der Waals surface area contributed by atoms with E-state index in [4.69, 9.17) is 0 Å². The van der Waals surface area contributed by atoms with Gasteiger partial charge >= 0.3 is 0 Å². The van der Waals surface area contributed by atoms with Gasteiger partial charge in [0.2, 0.25) is 11.9 Å². The van der Waals surface area contributed by atoms with Gasteiger partial charge in [0.1, 0.15) is 0 Å². The van der Waals surface area contributed by atoms with E-state index in [9.17, 15) is 4.79 Å². The summed E-state index contributed by atoms with van der Waals surface area (Å²) < 4.78 is 0. The lowest BCUT2D eigenvalue weighted by molar-refractivity contribution is -0.120. The molecule has 0 unspecified atom stereocenters. The fraction of sp³-hybridized carbons (Fsp3) is 0.333. The lowest BCUT2D eigenvalue weighted by Gasteiger charge is -2.19. The molecule has 2 aliphatic rings. The molecule has 172 valence electrons. The third kappa shape index (κ3) is 4.05. The Hall–Kier alpha value is -3.66. The highest BCUT2D eigenvalue weighted by atomic mass is 32.1. The average Bonchev–Trinajstić information content (AvgIpc) is 3.56. The van der Waals surface area contributed by atoms with Crippen LogP contribution in [0.1, 0.15) is 34.6 Å². The molecule has 0 fully saturated rings. The van der Waals surface area contributed by atoms with Crippen LogP contribution in [-0.2, 0) is 30.5 Å². The molecule has 0 saturated carbocycles. The largest absolute Gasteiger partial charge is 0.351 e. The summed E-state index contributed by atoms with van der Waals surface area (Å²) in [6.07, 6.45) is 7.76. The lowest BCUT2D eigenvalue weighted by atomic mass is 9.89. The van der Waals surface area contributed by atoms with Gasteiger partial charge in [-0.15, -0.1) is 5.10 Å². The summed E-state index contributed by atoms with van der Waals surface area (Å²) in [5.41, 5.74) is 6.43. The van der Waals surface area contributed by atoms with Gasteiger partial charge in [-0.2, -0.15) is 0 Å². The second-order valence-corrected chi connectivity index (χ2v) is 9.91. The second kappa shape index (κ2) is 8.60. The molecule has 1 amide bonds. The minimum absolute atomic E-state index is 0.0256. The molecule has 0 spiro atoms. The number of anilines is 2. The third-order valence-corrected chi connectivity index (χ3v) is 7.70. The summed E-state index contributed by atoms with van der Waals surface area (Å²) >= 11 is 1.44. The van der Waals surface area contributed by atoms with Gasteiger partial charge in [-0.1, -0.05) is 40.8 Å². The highest BCUT2D eigenvalue weighted by molar-refractivity contribution is 7.19. The number of thiazole rings is 1. The zero-order valence-corrected chi connectivity index (χ0v) is 19.5. The molecule has 0 aliphatic heterocycles. The fourth-order valence-corrected chi connectivity index (χ4v) is 5.75. The first-order chi connectivity index (χ1) is 16.6. The minimum atomic E-state index is -0.124. The van der Waals surface area contributed by atoms with Crippen LogP contribution < -0.4 is 10.6 Å². The van der Waals surface area contributed by atoms with Crippen LogP contribution in [-0.4, -0.2) is 42.3 Å². The zero-order chi connectivity index (χ0) is 23.1. The van der Waals surface area contributed by atoms with E-state index in [-0.39, 0.29) is 11.8 Å². The summed E-state index contributed by atoms with van der Waals surface area (Å²) in [6, 6.07) is 8.85. The SMILES string of the molecule is Cc1nc(NC(=O)[C@H]2CCc3[nH]nnc3C2)sc1-c1cnc(NC2Cc3ccccc3C2)nc1. The molecule has 3 heterocycles. The summed E-state index contributed by atoms with van der Waals surface area (Å²) in [5.74, 6) is 0.477. The number of carbonyl (C=O) groups excluding carboxylic acids is 1. The maximum atomic E-state index is 12.8. The molecule has 0 bridgehead atoms. The van der Waals surface area contributed by atoms with Crippen LogP contribution in [0.3, 0.4) is 0 Å². The molecule has 9 nitrogen and oxygen atoms in total. The standard InChI is InChI=1S/C24H24N8OS/c1-13-21(34-24(27-13)29-22(33)16-6-7-19-20(10-16)31-32-30-19)17-11-25-23(26-12-17)28-18-8-14-4-2-3-5-15(14)9-18/h2-5,11-12,16,18H,6-10H2,1H3,(H,25,26,28)(H,27,29,33)(H,30,31,32)/t16-/m0/s1. The van der Waals surface area contributed by atoms with Gasteiger partial charge in [0.05, 0.1) is 22.0 Å². The number of aromatic nitrogens is 6. The van der Waals surface area contributed by atoms with Crippen LogP contribution in [0.25, 0.3) is 10.4 Å². The van der Waals surface area contributed by atoms with Gasteiger partial charge in [0, 0.05) is 36.3 Å². The van der Waals surface area contributed by atoms with Crippen molar-refractivity contribution in [1.82, 2.24) is 30.4 Å². The molecule has 3 N–H and O–H groups in total. The van der Waals surface area contributed by atoms with E-state index in [1.54, 1.807) is 0 Å². The number of aromatic amines is 1. The van der Waals surface area contributed by atoms with E-state index >= 15 is 0 Å². The first-order valence-electron chi connectivity index (χ1n) is 11.4. The maximum absolute atomic E-state index is 12.8. The van der Waals surface area contributed by atoms with Crippen molar-refractivity contribution in [3.05, 3.63) is 64.9 Å². The summed E-state index contributed by atoms with van der Waals surface area (Å²) in [5, 5.41) is 17.9. The van der Waals surface area contributed by atoms with Crippen molar-refractivity contribution in [2.75, 3.05) is 10.6 Å². The normalized spacial score (nSPS) is 17.3. The van der Waals surface area contributed by atoms with Crippen molar-refractivity contribution in [3.63, 3.8) is 0 Å². The van der Waals surface area contributed by atoms with Gasteiger partial charge in [-0.3, -0.25) is 9.89 Å². The molecule has 0 radical (unpaired) electrons. The highest BCUT2D eigenvalue weighted by Crippen LogP contribution is 2.33. The molecule has 2 aliphatic carbocycles. The molecule has 10 heteroatoms. The number of nitrogens with one attached hydrogen (secondary N) is 3. The summed E-state index contributed by atoms with van der Waals surface area (Å²) in [4.78, 5) is 27.4. The lowest BCUT2D eigenvalue weighted by Crippen LogP contribution is -2.28. The van der Waals surface area contributed by atoms with E-state index in [1.165, 1.54) is 22.5 Å². The number of carbonyl (C=O) groups is 1. The smallest absolute Gasteiger partial charge is 0.229 e. The second-order valence-electron chi connectivity index (χ2n) is 8.91. The fourth-order valence-electron chi connectivity index (χ4n) is 4.80. The number of hydrogen-bond donors (Lipinski definition) is 3. The number of amides is 1. The maximum Gasteiger partial charge on any atom is 0.229 e. The first-order valence-corrected chi connectivity index (χ1v) is 12.3. The van der Waals surface area contributed by atoms with E-state index < -0.39 is 0 Å². The molecule has 1 atom stereocenters. The van der Waals surface area contributed by atoms with Gasteiger partial charge < -0.3 is 10.6 Å². The number of benzene rings is 1. The monoisotopic (exact) mass is 472 g/mol. The number of hydrogen-bond acceptors (Lipinski definition) is 8. The molecule has 3 aromatic heterocycles. The Morgan fingerprint density at radius 1 is 1.12 bits per heavy atom. The zero-order valence-electron chi connectivity index (χ0n) is 18.7. The molecular weight excluding hydrogens is 448 g/mol. The van der Waals surface area contributed by atoms with Crippen molar-refractivity contribution in [1.29, 1.82) is 0 Å². The van der Waals surface area contributed by atoms with E-state index in [1.807, 2.05) is 19.3 Å². The van der Waals surface area contributed by atoms with Crippen molar-refractivity contribution in [2.45, 2.75) is 45.1 Å². The average molecular weight is 473 g/mol. The Bertz CT molecular complexity index is 1320. The first kappa shape index (κ1) is 20.9. The highest BCUT2D eigenvalue weighted by Gasteiger charge is 2.28. The Kier molecular flexibility index (Phi) is 5.29. The summed E-state index contributed by atoms with van der Waals surface area (Å²) in [6.45, 7) is 1.94. The molecule has 34 heavy (non-hydrogen) atoms. The predicted molar refractivity (Wildman–Crippen MR) is 130 cm³/mol. The Morgan fingerprint density at radius 3 is 2.65 bits per heavy atom. The van der Waals surface area contributed by atoms with Crippen LogP contribution in [0.2, 0.25) is 0 Å². The van der Waals surface area contributed by atoms with E-state index in [0.29, 0.717) is 23.5 Å². The van der Waals surface area contributed by atoms with Crippen LogP contribution in [0.4, 0.5) is 11.1 Å². The van der Waals surface area contributed by atoms with Gasteiger partial charge in [0.15, 0.2) is 5.13 Å². The van der Waals surface area contributed by atoms with Crippen LogP contribution >= 0.6 is 11.3 Å². The number of H-pyrrole nitrogens is 1.